The second-order valence-corrected chi connectivity index (χ2v) is 4.53. The Hall–Kier alpha value is 0.220. The second-order valence-electron chi connectivity index (χ2n) is 3.88. The van der Waals surface area contributed by atoms with Gasteiger partial charge >= 0.3 is 0 Å². The minimum Gasteiger partial charge on any atom is -0.103 e. The Kier molecular flexibility index (Phi) is 4.98. The Balaban J connectivity index is 2.10. The van der Waals surface area contributed by atoms with Gasteiger partial charge in [-0.15, -0.1) is 6.58 Å². The first-order valence-corrected chi connectivity index (χ1v) is 6.17. The summed E-state index contributed by atoms with van der Waals surface area (Å²) in [7, 11) is 0. The largest absolute Gasteiger partial charge is 0.103 e. The number of hydrogen-bond donors (Lipinski definition) is 0. The van der Waals surface area contributed by atoms with Gasteiger partial charge in [-0.05, 0) is 24.7 Å². The summed E-state index contributed by atoms with van der Waals surface area (Å²) in [6.07, 6.45) is 10.7. The number of allylic oxidation sites excluding steroid dienone is 1. The van der Waals surface area contributed by atoms with Crippen LogP contribution < -0.4 is 0 Å². The van der Waals surface area contributed by atoms with Crippen molar-refractivity contribution in [3.8, 4) is 0 Å². The highest BCUT2D eigenvalue weighted by Gasteiger charge is 2.15. The van der Waals surface area contributed by atoms with Gasteiger partial charge in [0.2, 0.25) is 0 Å². The molecule has 0 aromatic heterocycles. The summed E-state index contributed by atoms with van der Waals surface area (Å²) in [5.74, 6) is 1.73. The molecule has 0 bridgehead atoms. The molecule has 0 aromatic rings. The lowest BCUT2D eigenvalue weighted by atomic mass is 9.96. The Bertz CT molecular complexity index is 125. The first-order valence-electron chi connectivity index (χ1n) is 5.05. The van der Waals surface area contributed by atoms with Gasteiger partial charge in [-0.1, -0.05) is 47.7 Å². The average Bonchev–Trinajstić information content (AvgIpc) is 2.59. The Morgan fingerprint density at radius 1 is 1.42 bits per heavy atom. The molecule has 70 valence electrons. The van der Waals surface area contributed by atoms with E-state index in [0.717, 1.165) is 11.2 Å². The molecular formula is C11H19Br. The summed E-state index contributed by atoms with van der Waals surface area (Å²) >= 11 is 3.51. The van der Waals surface area contributed by atoms with E-state index < -0.39 is 0 Å². The zero-order valence-electron chi connectivity index (χ0n) is 7.77. The predicted molar refractivity (Wildman–Crippen MR) is 58.7 cm³/mol. The minimum absolute atomic E-state index is 0.700. The minimum atomic E-state index is 0.700. The number of hydrogen-bond acceptors (Lipinski definition) is 0. The van der Waals surface area contributed by atoms with Crippen molar-refractivity contribution >= 4 is 15.9 Å². The highest BCUT2D eigenvalue weighted by Crippen LogP contribution is 2.30. The molecule has 0 radical (unpaired) electrons. The third-order valence-corrected chi connectivity index (χ3v) is 3.78. The van der Waals surface area contributed by atoms with Crippen molar-refractivity contribution in [2.24, 2.45) is 11.8 Å². The monoisotopic (exact) mass is 230 g/mol. The van der Waals surface area contributed by atoms with Gasteiger partial charge in [-0.25, -0.2) is 0 Å². The molecule has 1 rings (SSSR count). The fraction of sp³-hybridized carbons (Fsp3) is 0.818. The molecule has 0 aliphatic heterocycles. The maximum Gasteiger partial charge on any atom is 0.00942 e. The molecule has 0 N–H and O–H groups in total. The van der Waals surface area contributed by atoms with Crippen LogP contribution in [0.15, 0.2) is 12.7 Å². The number of alkyl halides is 1. The van der Waals surface area contributed by atoms with Crippen LogP contribution in [0, 0.1) is 11.8 Å². The second kappa shape index (κ2) is 5.80. The fourth-order valence-corrected chi connectivity index (χ4v) is 2.59. The van der Waals surface area contributed by atoms with E-state index in [-0.39, 0.29) is 0 Å². The summed E-state index contributed by atoms with van der Waals surface area (Å²) in [6, 6.07) is 0. The fourth-order valence-electron chi connectivity index (χ4n) is 2.01. The first kappa shape index (κ1) is 10.3. The van der Waals surface area contributed by atoms with Crippen LogP contribution in [0.25, 0.3) is 0 Å². The molecule has 0 nitrogen and oxygen atoms in total. The lowest BCUT2D eigenvalue weighted by Gasteiger charge is -2.12. The Labute approximate surface area is 84.6 Å². The standard InChI is InChI=1S/C11H19Br/c1-2-10(9-12)7-8-11-5-3-4-6-11/h2,10-11H,1,3-9H2/t10-/m0/s1. The van der Waals surface area contributed by atoms with Crippen LogP contribution in [-0.4, -0.2) is 5.33 Å². The molecule has 1 aliphatic rings. The van der Waals surface area contributed by atoms with E-state index in [1.54, 1.807) is 0 Å². The third-order valence-electron chi connectivity index (χ3n) is 2.95. The maximum absolute atomic E-state index is 3.85. The quantitative estimate of drug-likeness (QED) is 0.492. The van der Waals surface area contributed by atoms with E-state index in [2.05, 4.69) is 28.6 Å². The topological polar surface area (TPSA) is 0 Å². The summed E-state index contributed by atoms with van der Waals surface area (Å²) in [5, 5.41) is 1.09. The Morgan fingerprint density at radius 3 is 2.58 bits per heavy atom. The van der Waals surface area contributed by atoms with Gasteiger partial charge in [0.15, 0.2) is 0 Å². The molecule has 1 atom stereocenters. The van der Waals surface area contributed by atoms with Crippen LogP contribution in [0.1, 0.15) is 38.5 Å². The van der Waals surface area contributed by atoms with Gasteiger partial charge in [0.05, 0.1) is 0 Å². The predicted octanol–water partition coefficient (Wildman–Crippen LogP) is 4.15. The first-order chi connectivity index (χ1) is 5.86. The molecule has 0 heterocycles. The van der Waals surface area contributed by atoms with Crippen LogP contribution in [-0.2, 0) is 0 Å². The van der Waals surface area contributed by atoms with Crippen molar-refractivity contribution in [1.82, 2.24) is 0 Å². The zero-order valence-corrected chi connectivity index (χ0v) is 9.35. The van der Waals surface area contributed by atoms with Crippen molar-refractivity contribution in [2.45, 2.75) is 38.5 Å². The molecule has 1 heteroatoms. The van der Waals surface area contributed by atoms with Gasteiger partial charge in [-0.2, -0.15) is 0 Å². The lowest BCUT2D eigenvalue weighted by molar-refractivity contribution is 0.453. The van der Waals surface area contributed by atoms with Gasteiger partial charge in [0.1, 0.15) is 0 Å². The molecule has 0 unspecified atom stereocenters. The zero-order chi connectivity index (χ0) is 8.81. The summed E-state index contributed by atoms with van der Waals surface area (Å²) in [6.45, 7) is 3.85. The average molecular weight is 231 g/mol. The van der Waals surface area contributed by atoms with E-state index in [1.165, 1.54) is 38.5 Å². The molecule has 1 saturated carbocycles. The van der Waals surface area contributed by atoms with Crippen molar-refractivity contribution in [3.63, 3.8) is 0 Å². The molecule has 0 amide bonds. The van der Waals surface area contributed by atoms with Gasteiger partial charge < -0.3 is 0 Å². The van der Waals surface area contributed by atoms with Gasteiger partial charge in [-0.3, -0.25) is 0 Å². The van der Waals surface area contributed by atoms with E-state index in [1.807, 2.05) is 0 Å². The lowest BCUT2D eigenvalue weighted by Crippen LogP contribution is -2.01. The maximum atomic E-state index is 3.85. The third kappa shape index (κ3) is 3.30. The molecule has 12 heavy (non-hydrogen) atoms. The van der Waals surface area contributed by atoms with Gasteiger partial charge in [0.25, 0.3) is 0 Å². The highest BCUT2D eigenvalue weighted by molar-refractivity contribution is 9.09. The molecule has 0 aromatic carbocycles. The molecule has 1 fully saturated rings. The van der Waals surface area contributed by atoms with E-state index >= 15 is 0 Å². The summed E-state index contributed by atoms with van der Waals surface area (Å²) in [5.41, 5.74) is 0. The molecule has 1 aliphatic carbocycles. The van der Waals surface area contributed by atoms with Crippen LogP contribution in [0.5, 0.6) is 0 Å². The van der Waals surface area contributed by atoms with Crippen molar-refractivity contribution in [3.05, 3.63) is 12.7 Å². The van der Waals surface area contributed by atoms with Crippen molar-refractivity contribution < 1.29 is 0 Å². The molecular weight excluding hydrogens is 212 g/mol. The highest BCUT2D eigenvalue weighted by atomic mass is 79.9. The van der Waals surface area contributed by atoms with E-state index in [0.29, 0.717) is 5.92 Å². The smallest absolute Gasteiger partial charge is 0.00942 e. The van der Waals surface area contributed by atoms with Crippen LogP contribution in [0.4, 0.5) is 0 Å². The van der Waals surface area contributed by atoms with E-state index in [9.17, 15) is 0 Å². The normalized spacial score (nSPS) is 21.1. The number of halogens is 1. The van der Waals surface area contributed by atoms with E-state index in [4.69, 9.17) is 0 Å². The van der Waals surface area contributed by atoms with Crippen molar-refractivity contribution in [1.29, 1.82) is 0 Å². The summed E-state index contributed by atoms with van der Waals surface area (Å²) < 4.78 is 0. The summed E-state index contributed by atoms with van der Waals surface area (Å²) in [4.78, 5) is 0. The Morgan fingerprint density at radius 2 is 2.08 bits per heavy atom. The van der Waals surface area contributed by atoms with Crippen LogP contribution in [0.3, 0.4) is 0 Å². The van der Waals surface area contributed by atoms with Gasteiger partial charge in [0, 0.05) is 5.33 Å². The molecule has 0 spiro atoms. The SMILES string of the molecule is C=C[C@H](CBr)CCC1CCCC1. The van der Waals surface area contributed by atoms with Crippen LogP contribution >= 0.6 is 15.9 Å². The number of rotatable bonds is 5. The van der Waals surface area contributed by atoms with Crippen LogP contribution in [0.2, 0.25) is 0 Å². The molecule has 0 saturated heterocycles. The van der Waals surface area contributed by atoms with Crippen molar-refractivity contribution in [2.75, 3.05) is 5.33 Å².